The average molecular weight is 126 g/mol. The molecule has 0 atom stereocenters. The van der Waals surface area contributed by atoms with Gasteiger partial charge in [-0.1, -0.05) is 0 Å². The van der Waals surface area contributed by atoms with Crippen LogP contribution in [0, 0.1) is 0 Å². The molecule has 0 amide bonds. The Morgan fingerprint density at radius 2 is 2.44 bits per heavy atom. The van der Waals surface area contributed by atoms with Gasteiger partial charge in [0.1, 0.15) is 0 Å². The number of hydrogen-bond acceptors (Lipinski definition) is 4. The number of guanidine groups is 1. The summed E-state index contributed by atoms with van der Waals surface area (Å²) < 4.78 is 0. The van der Waals surface area contributed by atoms with E-state index >= 15 is 0 Å². The average Bonchev–Trinajstić information content (AvgIpc) is 1.80. The second kappa shape index (κ2) is 2.06. The van der Waals surface area contributed by atoms with E-state index in [1.807, 2.05) is 13.0 Å². The molecule has 0 aromatic carbocycles. The quantitative estimate of drug-likeness (QED) is 0.426. The lowest BCUT2D eigenvalue weighted by Gasteiger charge is -2.18. The van der Waals surface area contributed by atoms with E-state index in [0.29, 0.717) is 12.5 Å². The van der Waals surface area contributed by atoms with Gasteiger partial charge in [-0.3, -0.25) is 5.01 Å². The van der Waals surface area contributed by atoms with Gasteiger partial charge in [0, 0.05) is 5.70 Å². The van der Waals surface area contributed by atoms with Crippen molar-refractivity contribution in [1.29, 1.82) is 0 Å². The van der Waals surface area contributed by atoms with Crippen LogP contribution in [0.1, 0.15) is 6.92 Å². The standard InChI is InChI=1S/C5H10N4/c1-4-2-3-9(7)5(6)8-4/h2H,3,7H2,1H3,(H2,6,8). The molecule has 0 radical (unpaired) electrons. The minimum absolute atomic E-state index is 0.384. The Morgan fingerprint density at radius 3 is 2.89 bits per heavy atom. The Hall–Kier alpha value is -1.03. The molecular weight excluding hydrogens is 116 g/mol. The molecule has 0 aliphatic carbocycles. The van der Waals surface area contributed by atoms with Crippen LogP contribution in [-0.4, -0.2) is 17.5 Å². The fraction of sp³-hybridized carbons (Fsp3) is 0.400. The van der Waals surface area contributed by atoms with E-state index in [1.54, 1.807) is 0 Å². The van der Waals surface area contributed by atoms with Gasteiger partial charge in [-0.2, -0.15) is 0 Å². The monoisotopic (exact) mass is 126 g/mol. The molecule has 50 valence electrons. The summed E-state index contributed by atoms with van der Waals surface area (Å²) >= 11 is 0. The molecule has 0 unspecified atom stereocenters. The first-order valence-corrected chi connectivity index (χ1v) is 2.73. The van der Waals surface area contributed by atoms with E-state index in [-0.39, 0.29) is 0 Å². The van der Waals surface area contributed by atoms with Gasteiger partial charge in [-0.05, 0) is 13.0 Å². The van der Waals surface area contributed by atoms with Crippen LogP contribution in [-0.2, 0) is 0 Å². The number of hydrogen-bond donors (Lipinski definition) is 2. The molecule has 1 aliphatic rings. The summed E-state index contributed by atoms with van der Waals surface area (Å²) in [6, 6.07) is 0. The fourth-order valence-electron chi connectivity index (χ4n) is 0.615. The smallest absolute Gasteiger partial charge is 0.210 e. The van der Waals surface area contributed by atoms with E-state index in [2.05, 4.69) is 4.99 Å². The summed E-state index contributed by atoms with van der Waals surface area (Å²) in [5.41, 5.74) is 6.30. The van der Waals surface area contributed by atoms with Crippen molar-refractivity contribution < 1.29 is 0 Å². The second-order valence-corrected chi connectivity index (χ2v) is 1.97. The van der Waals surface area contributed by atoms with Crippen molar-refractivity contribution in [3.05, 3.63) is 11.8 Å². The summed E-state index contributed by atoms with van der Waals surface area (Å²) in [7, 11) is 0. The van der Waals surface area contributed by atoms with E-state index in [9.17, 15) is 0 Å². The van der Waals surface area contributed by atoms with Crippen molar-refractivity contribution in [3.8, 4) is 0 Å². The lowest BCUT2D eigenvalue weighted by Crippen LogP contribution is -2.44. The molecule has 0 saturated heterocycles. The second-order valence-electron chi connectivity index (χ2n) is 1.97. The highest BCUT2D eigenvalue weighted by molar-refractivity contribution is 5.79. The molecule has 1 heterocycles. The number of nitrogens with zero attached hydrogens (tertiary/aromatic N) is 2. The van der Waals surface area contributed by atoms with Gasteiger partial charge in [0.15, 0.2) is 0 Å². The van der Waals surface area contributed by atoms with E-state index in [4.69, 9.17) is 11.6 Å². The van der Waals surface area contributed by atoms with Gasteiger partial charge in [0.05, 0.1) is 6.54 Å². The largest absolute Gasteiger partial charge is 0.368 e. The van der Waals surface area contributed by atoms with Crippen LogP contribution >= 0.6 is 0 Å². The summed E-state index contributed by atoms with van der Waals surface area (Å²) in [6.45, 7) is 2.54. The molecule has 0 fully saturated rings. The van der Waals surface area contributed by atoms with Crippen LogP contribution in [0.15, 0.2) is 16.8 Å². The Kier molecular flexibility index (Phi) is 1.40. The Bertz CT molecular complexity index is 170. The van der Waals surface area contributed by atoms with Crippen LogP contribution in [0.25, 0.3) is 0 Å². The SMILES string of the molecule is CC1=CCN(N)C(N)=N1. The van der Waals surface area contributed by atoms with Gasteiger partial charge in [0.2, 0.25) is 5.96 Å². The van der Waals surface area contributed by atoms with E-state index in [1.165, 1.54) is 5.01 Å². The predicted octanol–water partition coefficient (Wildman–Crippen LogP) is -0.606. The van der Waals surface area contributed by atoms with Crippen molar-refractivity contribution in [2.75, 3.05) is 6.54 Å². The minimum atomic E-state index is 0.384. The third-order valence-corrected chi connectivity index (χ3v) is 1.17. The normalized spacial score (nSPS) is 19.1. The molecule has 0 spiro atoms. The lowest BCUT2D eigenvalue weighted by molar-refractivity contribution is 0.474. The maximum Gasteiger partial charge on any atom is 0.210 e. The van der Waals surface area contributed by atoms with Crippen molar-refractivity contribution in [1.82, 2.24) is 5.01 Å². The third-order valence-electron chi connectivity index (χ3n) is 1.17. The number of hydrazine groups is 1. The van der Waals surface area contributed by atoms with Crippen LogP contribution < -0.4 is 11.6 Å². The Morgan fingerprint density at radius 1 is 1.78 bits per heavy atom. The summed E-state index contributed by atoms with van der Waals surface area (Å²) in [6.07, 6.45) is 1.91. The first kappa shape index (κ1) is 6.10. The van der Waals surface area contributed by atoms with E-state index in [0.717, 1.165) is 5.70 Å². The first-order valence-electron chi connectivity index (χ1n) is 2.73. The van der Waals surface area contributed by atoms with Gasteiger partial charge in [-0.15, -0.1) is 0 Å². The molecule has 4 heteroatoms. The minimum Gasteiger partial charge on any atom is -0.368 e. The molecule has 4 N–H and O–H groups in total. The number of rotatable bonds is 0. The molecule has 1 aliphatic heterocycles. The zero-order valence-electron chi connectivity index (χ0n) is 5.33. The first-order chi connectivity index (χ1) is 4.20. The molecule has 4 nitrogen and oxygen atoms in total. The molecular formula is C5H10N4. The van der Waals surface area contributed by atoms with Gasteiger partial charge in [-0.25, -0.2) is 10.8 Å². The summed E-state index contributed by atoms with van der Waals surface area (Å²) in [5, 5.41) is 1.40. The van der Waals surface area contributed by atoms with Crippen LogP contribution in [0.3, 0.4) is 0 Å². The van der Waals surface area contributed by atoms with Crippen molar-refractivity contribution in [3.63, 3.8) is 0 Å². The number of aliphatic imine (C=N–C) groups is 1. The molecule has 0 bridgehead atoms. The molecule has 0 aromatic rings. The highest BCUT2D eigenvalue weighted by atomic mass is 15.5. The third kappa shape index (κ3) is 1.20. The molecule has 9 heavy (non-hydrogen) atoms. The zero-order valence-corrected chi connectivity index (χ0v) is 5.33. The van der Waals surface area contributed by atoms with Gasteiger partial charge < -0.3 is 5.73 Å². The van der Waals surface area contributed by atoms with Gasteiger partial charge in [0.25, 0.3) is 0 Å². The number of allylic oxidation sites excluding steroid dienone is 1. The summed E-state index contributed by atoms with van der Waals surface area (Å²) in [4.78, 5) is 3.92. The molecule has 1 rings (SSSR count). The number of nitrogens with two attached hydrogens (primary N) is 2. The van der Waals surface area contributed by atoms with Crippen LogP contribution in [0.5, 0.6) is 0 Å². The van der Waals surface area contributed by atoms with Crippen molar-refractivity contribution in [2.24, 2.45) is 16.6 Å². The van der Waals surface area contributed by atoms with Crippen LogP contribution in [0.4, 0.5) is 0 Å². The van der Waals surface area contributed by atoms with Crippen molar-refractivity contribution >= 4 is 5.96 Å². The fourth-order valence-corrected chi connectivity index (χ4v) is 0.615. The van der Waals surface area contributed by atoms with E-state index < -0.39 is 0 Å². The predicted molar refractivity (Wildman–Crippen MR) is 36.3 cm³/mol. The maximum absolute atomic E-state index is 5.38. The van der Waals surface area contributed by atoms with Crippen LogP contribution in [0.2, 0.25) is 0 Å². The molecule has 0 aromatic heterocycles. The van der Waals surface area contributed by atoms with Crippen molar-refractivity contribution in [2.45, 2.75) is 6.92 Å². The van der Waals surface area contributed by atoms with Gasteiger partial charge >= 0.3 is 0 Å². The lowest BCUT2D eigenvalue weighted by atomic mass is 10.4. The Balaban J connectivity index is 2.74. The molecule has 0 saturated carbocycles. The maximum atomic E-state index is 5.38. The zero-order chi connectivity index (χ0) is 6.85. The topological polar surface area (TPSA) is 67.6 Å². The summed E-state index contributed by atoms with van der Waals surface area (Å²) in [5.74, 6) is 5.76. The Labute approximate surface area is 53.8 Å². The highest BCUT2D eigenvalue weighted by Gasteiger charge is 2.04. The highest BCUT2D eigenvalue weighted by Crippen LogP contribution is 2.00.